The Morgan fingerprint density at radius 3 is 2.62 bits per heavy atom. The van der Waals surface area contributed by atoms with Crippen LogP contribution in [-0.2, 0) is 7.05 Å². The van der Waals surface area contributed by atoms with Crippen molar-refractivity contribution >= 4 is 12.2 Å². The van der Waals surface area contributed by atoms with Crippen molar-refractivity contribution in [1.82, 2.24) is 9.55 Å². The van der Waals surface area contributed by atoms with Crippen LogP contribution in [0.4, 0.5) is 0 Å². The van der Waals surface area contributed by atoms with Gasteiger partial charge in [-0.1, -0.05) is 0 Å². The predicted molar refractivity (Wildman–Crippen MR) is 31.7 cm³/mol. The second-order valence-electron chi connectivity index (χ2n) is 1.38. The second kappa shape index (κ2) is 3.45. The Labute approximate surface area is 76.7 Å². The number of nitrogens with zero attached hydrogens (tertiary/aromatic N) is 1. The van der Waals surface area contributed by atoms with Gasteiger partial charge in [0, 0.05) is 19.4 Å². The fourth-order valence-electron chi connectivity index (χ4n) is 0.390. The van der Waals surface area contributed by atoms with Gasteiger partial charge in [-0.05, 0) is 12.2 Å². The topological polar surface area (TPSA) is 20.7 Å². The second-order valence-corrected chi connectivity index (χ2v) is 1.76. The van der Waals surface area contributed by atoms with E-state index in [0.29, 0.717) is 0 Å². The molecule has 0 saturated carbocycles. The third kappa shape index (κ3) is 1.74. The van der Waals surface area contributed by atoms with E-state index in [2.05, 4.69) is 4.98 Å². The van der Waals surface area contributed by atoms with Crippen molar-refractivity contribution in [2.75, 3.05) is 0 Å². The summed E-state index contributed by atoms with van der Waals surface area (Å²) in [6.07, 6.45) is 3.69. The van der Waals surface area contributed by atoms with E-state index < -0.39 is 0 Å². The zero-order chi connectivity index (χ0) is 5.28. The summed E-state index contributed by atoms with van der Waals surface area (Å²) >= 11 is 4.79. The molecule has 0 aliphatic carbocycles. The smallest absolute Gasteiger partial charge is 1.00 e. The fraction of sp³-hybridized carbons (Fsp3) is 0.250. The molecule has 1 rings (SSSR count). The van der Waals surface area contributed by atoms with E-state index in [9.17, 15) is 0 Å². The molecule has 0 aromatic carbocycles. The summed E-state index contributed by atoms with van der Waals surface area (Å²) in [7, 11) is 1.90. The molecule has 0 unspecified atom stereocenters. The third-order valence-corrected chi connectivity index (χ3v) is 1.23. The van der Waals surface area contributed by atoms with Crippen molar-refractivity contribution in [2.45, 2.75) is 0 Å². The van der Waals surface area contributed by atoms with E-state index in [1.807, 2.05) is 24.0 Å². The van der Waals surface area contributed by atoms with E-state index in [0.717, 1.165) is 4.77 Å². The van der Waals surface area contributed by atoms with Crippen LogP contribution in [0.2, 0.25) is 0 Å². The van der Waals surface area contributed by atoms with Crippen LogP contribution < -0.4 is 29.6 Å². The van der Waals surface area contributed by atoms with Gasteiger partial charge in [-0.15, -0.1) is 0 Å². The minimum atomic E-state index is 0. The van der Waals surface area contributed by atoms with Crippen LogP contribution in [0.1, 0.15) is 1.43 Å². The molecule has 0 aliphatic heterocycles. The molecule has 1 aromatic rings. The quantitative estimate of drug-likeness (QED) is 0.331. The summed E-state index contributed by atoms with van der Waals surface area (Å²) in [6.45, 7) is 0. The number of aromatic nitrogens is 2. The van der Waals surface area contributed by atoms with Gasteiger partial charge in [0.25, 0.3) is 0 Å². The monoisotopic (exact) mass is 138 g/mol. The average Bonchev–Trinajstić information content (AvgIpc) is 1.91. The first-order valence-electron chi connectivity index (χ1n) is 2.01. The number of rotatable bonds is 0. The Hall–Kier alpha value is 0.430. The van der Waals surface area contributed by atoms with E-state index in [1.54, 1.807) is 0 Å². The number of hydrogen-bond donors (Lipinski definition) is 1. The number of aromatic amines is 1. The first kappa shape index (κ1) is 8.43. The van der Waals surface area contributed by atoms with Crippen molar-refractivity contribution < 1.29 is 31.0 Å². The van der Waals surface area contributed by atoms with E-state index in [4.69, 9.17) is 12.2 Å². The van der Waals surface area contributed by atoms with Crippen LogP contribution in [0.15, 0.2) is 12.4 Å². The van der Waals surface area contributed by atoms with E-state index in [-0.39, 0.29) is 31.0 Å². The van der Waals surface area contributed by atoms with Gasteiger partial charge in [0.2, 0.25) is 0 Å². The van der Waals surface area contributed by atoms with Gasteiger partial charge in [0.1, 0.15) is 0 Å². The predicted octanol–water partition coefficient (Wildman–Crippen LogP) is -1.80. The molecule has 0 fully saturated rings. The summed E-state index contributed by atoms with van der Waals surface area (Å²) in [5, 5.41) is 0. The Morgan fingerprint density at radius 2 is 2.50 bits per heavy atom. The van der Waals surface area contributed by atoms with Crippen LogP contribution in [0.3, 0.4) is 0 Å². The first-order chi connectivity index (χ1) is 3.30. The maximum atomic E-state index is 4.79. The Morgan fingerprint density at radius 1 is 1.88 bits per heavy atom. The summed E-state index contributed by atoms with van der Waals surface area (Å²) in [5.74, 6) is 0. The SMILES string of the molecule is Cn1cc[nH]c1=S.[H-].[Na+]. The van der Waals surface area contributed by atoms with Crippen molar-refractivity contribution in [1.29, 1.82) is 0 Å². The van der Waals surface area contributed by atoms with Crippen molar-refractivity contribution in [2.24, 2.45) is 7.05 Å². The van der Waals surface area contributed by atoms with Gasteiger partial charge in [0.15, 0.2) is 4.77 Å². The molecular formula is C4H7N2NaS. The molecule has 8 heavy (non-hydrogen) atoms. The molecule has 0 spiro atoms. The van der Waals surface area contributed by atoms with Gasteiger partial charge >= 0.3 is 29.6 Å². The number of nitrogens with one attached hydrogen (secondary N) is 1. The summed E-state index contributed by atoms with van der Waals surface area (Å²) in [4.78, 5) is 2.85. The number of H-pyrrole nitrogens is 1. The molecule has 1 heterocycles. The molecule has 1 N–H and O–H groups in total. The molecule has 0 atom stereocenters. The van der Waals surface area contributed by atoms with Crippen molar-refractivity contribution in [3.63, 3.8) is 0 Å². The molecule has 0 bridgehead atoms. The third-order valence-electron chi connectivity index (χ3n) is 0.825. The minimum absolute atomic E-state index is 0. The van der Waals surface area contributed by atoms with Crippen molar-refractivity contribution in [3.05, 3.63) is 17.2 Å². The summed E-state index contributed by atoms with van der Waals surface area (Å²) < 4.78 is 2.61. The van der Waals surface area contributed by atoms with Gasteiger partial charge in [0.05, 0.1) is 0 Å². The molecule has 0 aliphatic rings. The Kier molecular flexibility index (Phi) is 3.64. The van der Waals surface area contributed by atoms with Crippen LogP contribution in [0, 0.1) is 4.77 Å². The van der Waals surface area contributed by atoms with Crippen LogP contribution in [0.5, 0.6) is 0 Å². The van der Waals surface area contributed by atoms with Crippen LogP contribution >= 0.6 is 12.2 Å². The van der Waals surface area contributed by atoms with Crippen molar-refractivity contribution in [3.8, 4) is 0 Å². The zero-order valence-corrected chi connectivity index (χ0v) is 7.83. The van der Waals surface area contributed by atoms with Gasteiger partial charge < -0.3 is 11.0 Å². The van der Waals surface area contributed by atoms with Crippen LogP contribution in [-0.4, -0.2) is 9.55 Å². The maximum Gasteiger partial charge on any atom is 1.00 e. The average molecular weight is 138 g/mol. The molecule has 0 amide bonds. The largest absolute Gasteiger partial charge is 1.00 e. The maximum absolute atomic E-state index is 4.79. The number of imidazole rings is 1. The fourth-order valence-corrected chi connectivity index (χ4v) is 0.519. The molecule has 2 nitrogen and oxygen atoms in total. The molecule has 0 radical (unpaired) electrons. The summed E-state index contributed by atoms with van der Waals surface area (Å²) in [5.41, 5.74) is 0. The molecular weight excluding hydrogens is 131 g/mol. The summed E-state index contributed by atoms with van der Waals surface area (Å²) in [6, 6.07) is 0. The standard InChI is InChI=1S/C4H6N2S.Na.H/c1-6-3-2-5-4(6)7;;/h2-3H,1H3,(H,5,7);;/q;+1;-1. The number of aryl methyl sites for hydroxylation is 1. The van der Waals surface area contributed by atoms with Gasteiger partial charge in [-0.3, -0.25) is 0 Å². The molecule has 0 saturated heterocycles. The minimum Gasteiger partial charge on any atom is -1.00 e. The van der Waals surface area contributed by atoms with Gasteiger partial charge in [-0.2, -0.15) is 0 Å². The molecule has 40 valence electrons. The first-order valence-corrected chi connectivity index (χ1v) is 2.41. The zero-order valence-electron chi connectivity index (χ0n) is 6.01. The van der Waals surface area contributed by atoms with E-state index in [1.165, 1.54) is 0 Å². The Balaban J connectivity index is 0. The normalized spacial score (nSPS) is 8.12. The molecule has 4 heteroatoms. The van der Waals surface area contributed by atoms with E-state index >= 15 is 0 Å². The van der Waals surface area contributed by atoms with Crippen LogP contribution in [0.25, 0.3) is 0 Å². The Bertz CT molecular complexity index is 206. The molecule has 1 aromatic heterocycles. The number of hydrogen-bond acceptors (Lipinski definition) is 1. The van der Waals surface area contributed by atoms with Gasteiger partial charge in [-0.25, -0.2) is 0 Å².